The highest BCUT2D eigenvalue weighted by atomic mass is 35.5. The van der Waals surface area contributed by atoms with Gasteiger partial charge >= 0.3 is 6.18 Å². The maximum absolute atomic E-state index is 14.7. The van der Waals surface area contributed by atoms with Crippen molar-refractivity contribution in [1.82, 2.24) is 9.97 Å². The summed E-state index contributed by atoms with van der Waals surface area (Å²) in [5.41, 5.74) is -1.57. The molecule has 3 aromatic rings. The quantitative estimate of drug-likeness (QED) is 0.526. The highest BCUT2D eigenvalue weighted by molar-refractivity contribution is 6.34. The van der Waals surface area contributed by atoms with Crippen LogP contribution in [0.5, 0.6) is 11.6 Å². The van der Waals surface area contributed by atoms with Gasteiger partial charge in [-0.25, -0.2) is 18.7 Å². The fraction of sp³-hybridized carbons (Fsp3) is 0.105. The van der Waals surface area contributed by atoms with Crippen LogP contribution in [0.1, 0.15) is 10.4 Å². The summed E-state index contributed by atoms with van der Waals surface area (Å²) in [7, 11) is 0. The number of aromatic hydroxyl groups is 1. The Kier molecular flexibility index (Phi) is 6.25. The first-order valence-corrected chi connectivity index (χ1v) is 8.73. The minimum atomic E-state index is -4.75. The van der Waals surface area contributed by atoms with Gasteiger partial charge in [0.1, 0.15) is 17.4 Å². The predicted molar refractivity (Wildman–Crippen MR) is 100 cm³/mol. The Morgan fingerprint density at radius 3 is 2.48 bits per heavy atom. The number of hydrogen-bond acceptors (Lipinski definition) is 5. The Morgan fingerprint density at radius 1 is 1.13 bits per heavy atom. The van der Waals surface area contributed by atoms with Crippen molar-refractivity contribution < 1.29 is 36.6 Å². The van der Waals surface area contributed by atoms with Crippen molar-refractivity contribution in [2.75, 3.05) is 11.9 Å². The van der Waals surface area contributed by atoms with Crippen molar-refractivity contribution in [2.45, 2.75) is 6.18 Å². The van der Waals surface area contributed by atoms with E-state index in [0.717, 1.165) is 24.5 Å². The second-order valence-electron chi connectivity index (χ2n) is 6.04. The molecule has 0 aliphatic heterocycles. The fourth-order valence-corrected chi connectivity index (χ4v) is 2.67. The van der Waals surface area contributed by atoms with Crippen molar-refractivity contribution in [3.8, 4) is 22.9 Å². The minimum absolute atomic E-state index is 0.142. The van der Waals surface area contributed by atoms with Crippen LogP contribution in [0.25, 0.3) is 11.3 Å². The lowest BCUT2D eigenvalue weighted by molar-refractivity contribution is -0.153. The summed E-state index contributed by atoms with van der Waals surface area (Å²) in [6, 6.07) is 4.97. The number of aromatic nitrogens is 2. The monoisotopic (exact) mass is 459 g/mol. The molecule has 2 aromatic carbocycles. The number of ether oxygens (including phenoxy) is 1. The number of alkyl halides is 3. The Morgan fingerprint density at radius 2 is 1.87 bits per heavy atom. The zero-order valence-electron chi connectivity index (χ0n) is 15.2. The van der Waals surface area contributed by atoms with Crippen LogP contribution in [0.2, 0.25) is 5.02 Å². The summed E-state index contributed by atoms with van der Waals surface area (Å²) in [6.07, 6.45) is -2.89. The molecule has 1 heterocycles. The maximum Gasteiger partial charge on any atom is 0.422 e. The summed E-state index contributed by atoms with van der Waals surface area (Å²) in [6.45, 7) is -1.78. The van der Waals surface area contributed by atoms with Gasteiger partial charge in [-0.15, -0.1) is 0 Å². The van der Waals surface area contributed by atoms with E-state index in [0.29, 0.717) is 6.07 Å². The van der Waals surface area contributed by atoms with E-state index in [9.17, 15) is 31.9 Å². The van der Waals surface area contributed by atoms with Crippen molar-refractivity contribution in [1.29, 1.82) is 0 Å². The van der Waals surface area contributed by atoms with E-state index in [1.165, 1.54) is 12.1 Å². The summed E-state index contributed by atoms with van der Waals surface area (Å²) in [5.74, 6) is -4.23. The SMILES string of the molecule is O=C(Nc1c(F)cccc1Cl)c1cc(F)c(-c2cnc(O)cn2)cc1OCC(F)(F)F. The average Bonchev–Trinajstić information content (AvgIpc) is 2.69. The lowest BCUT2D eigenvalue weighted by atomic mass is 10.1. The smallest absolute Gasteiger partial charge is 0.422 e. The Hall–Kier alpha value is -3.47. The largest absolute Gasteiger partial charge is 0.492 e. The second-order valence-corrected chi connectivity index (χ2v) is 6.45. The normalized spacial score (nSPS) is 11.3. The lowest BCUT2D eigenvalue weighted by Crippen LogP contribution is -2.22. The van der Waals surface area contributed by atoms with Crippen LogP contribution < -0.4 is 10.1 Å². The molecule has 12 heteroatoms. The van der Waals surface area contributed by atoms with E-state index < -0.39 is 53.2 Å². The molecule has 0 bridgehead atoms. The Bertz CT molecular complexity index is 1100. The average molecular weight is 460 g/mol. The lowest BCUT2D eigenvalue weighted by Gasteiger charge is -2.16. The van der Waals surface area contributed by atoms with Crippen LogP contribution in [0.4, 0.5) is 27.6 Å². The predicted octanol–water partition coefficient (Wildman–Crippen LogP) is 4.97. The van der Waals surface area contributed by atoms with Gasteiger partial charge in [-0.2, -0.15) is 13.2 Å². The van der Waals surface area contributed by atoms with E-state index in [2.05, 4.69) is 20.0 Å². The zero-order chi connectivity index (χ0) is 22.8. The molecule has 31 heavy (non-hydrogen) atoms. The molecular formula is C19H11ClF5N3O3. The van der Waals surface area contributed by atoms with Gasteiger partial charge in [-0.1, -0.05) is 17.7 Å². The minimum Gasteiger partial charge on any atom is -0.492 e. The van der Waals surface area contributed by atoms with Gasteiger partial charge in [0, 0.05) is 5.56 Å². The molecule has 0 radical (unpaired) electrons. The molecule has 1 amide bonds. The number of hydrogen-bond donors (Lipinski definition) is 2. The Balaban J connectivity index is 2.04. The van der Waals surface area contributed by atoms with Gasteiger partial charge in [0.05, 0.1) is 34.4 Å². The van der Waals surface area contributed by atoms with Crippen molar-refractivity contribution in [3.05, 3.63) is 64.9 Å². The number of benzene rings is 2. The number of nitrogens with zero attached hydrogens (tertiary/aromatic N) is 2. The van der Waals surface area contributed by atoms with Crippen LogP contribution in [0, 0.1) is 11.6 Å². The third-order valence-corrected chi connectivity index (χ3v) is 4.14. The highest BCUT2D eigenvalue weighted by Crippen LogP contribution is 2.32. The number of amides is 1. The van der Waals surface area contributed by atoms with Crippen LogP contribution in [-0.4, -0.2) is 33.8 Å². The van der Waals surface area contributed by atoms with E-state index in [1.807, 2.05) is 0 Å². The van der Waals surface area contributed by atoms with E-state index in [4.69, 9.17) is 11.6 Å². The number of nitrogens with one attached hydrogen (secondary N) is 1. The molecule has 0 fully saturated rings. The number of carbonyl (C=O) groups is 1. The standard InChI is InChI=1S/C19H11ClF5N3O3/c20-11-2-1-3-12(21)17(11)28-18(30)10-4-13(22)9(14-6-27-16(29)7-26-14)5-15(10)31-8-19(23,24)25/h1-7H,8H2,(H,27,29)(H,28,30). The molecule has 2 N–H and O–H groups in total. The molecule has 0 saturated heterocycles. The van der Waals surface area contributed by atoms with E-state index >= 15 is 0 Å². The van der Waals surface area contributed by atoms with Gasteiger partial charge in [0.15, 0.2) is 6.61 Å². The molecule has 0 atom stereocenters. The molecule has 1 aromatic heterocycles. The summed E-state index contributed by atoms with van der Waals surface area (Å²) in [4.78, 5) is 19.8. The molecule has 0 spiro atoms. The van der Waals surface area contributed by atoms with Crippen LogP contribution in [-0.2, 0) is 0 Å². The summed E-state index contributed by atoms with van der Waals surface area (Å²) < 4.78 is 71.3. The maximum atomic E-state index is 14.7. The third-order valence-electron chi connectivity index (χ3n) is 3.82. The van der Waals surface area contributed by atoms with Gasteiger partial charge in [0.2, 0.25) is 5.88 Å². The van der Waals surface area contributed by atoms with E-state index in [1.54, 1.807) is 0 Å². The molecule has 0 aliphatic rings. The van der Waals surface area contributed by atoms with Gasteiger partial charge in [0.25, 0.3) is 5.91 Å². The molecule has 6 nitrogen and oxygen atoms in total. The van der Waals surface area contributed by atoms with Crippen LogP contribution >= 0.6 is 11.6 Å². The summed E-state index contributed by atoms with van der Waals surface area (Å²) in [5, 5.41) is 11.1. The number of para-hydroxylation sites is 1. The number of halogens is 6. The van der Waals surface area contributed by atoms with Crippen LogP contribution in [0.15, 0.2) is 42.7 Å². The molecule has 0 aliphatic carbocycles. The zero-order valence-corrected chi connectivity index (χ0v) is 15.9. The van der Waals surface area contributed by atoms with Crippen molar-refractivity contribution >= 4 is 23.2 Å². The first-order chi connectivity index (χ1) is 14.5. The number of rotatable bonds is 5. The number of anilines is 1. The summed E-state index contributed by atoms with van der Waals surface area (Å²) >= 11 is 5.83. The third kappa shape index (κ3) is 5.37. The second kappa shape index (κ2) is 8.72. The number of carbonyl (C=O) groups excluding carboxylic acids is 1. The molecule has 162 valence electrons. The topological polar surface area (TPSA) is 84.3 Å². The van der Waals surface area contributed by atoms with Gasteiger partial charge in [-0.3, -0.25) is 4.79 Å². The first kappa shape index (κ1) is 22.2. The molecule has 0 saturated carbocycles. The van der Waals surface area contributed by atoms with Gasteiger partial charge < -0.3 is 15.2 Å². The Labute approximate surface area is 176 Å². The molecule has 0 unspecified atom stereocenters. The molecule has 3 rings (SSSR count). The molecular weight excluding hydrogens is 449 g/mol. The van der Waals surface area contributed by atoms with Crippen molar-refractivity contribution in [2.24, 2.45) is 0 Å². The van der Waals surface area contributed by atoms with Crippen molar-refractivity contribution in [3.63, 3.8) is 0 Å². The van der Waals surface area contributed by atoms with Crippen LogP contribution in [0.3, 0.4) is 0 Å². The first-order valence-electron chi connectivity index (χ1n) is 8.35. The highest BCUT2D eigenvalue weighted by Gasteiger charge is 2.30. The van der Waals surface area contributed by atoms with E-state index in [-0.39, 0.29) is 16.3 Å². The van der Waals surface area contributed by atoms with Gasteiger partial charge in [-0.05, 0) is 24.3 Å². The fourth-order valence-electron chi connectivity index (χ4n) is 2.46.